The van der Waals surface area contributed by atoms with Crippen LogP contribution in [0.3, 0.4) is 0 Å². The van der Waals surface area contributed by atoms with Gasteiger partial charge in [0.25, 0.3) is 5.91 Å². The Hall–Kier alpha value is -3.80. The minimum Gasteiger partial charge on any atom is -0.454 e. The predicted molar refractivity (Wildman–Crippen MR) is 114 cm³/mol. The SMILES string of the molecule is Cc1cc(C)cc(NC(=O)Nc2ccc3c(c2)C(=O)Nc2cc(C)ccc2O3)c1. The molecule has 29 heavy (non-hydrogen) atoms. The zero-order valence-corrected chi connectivity index (χ0v) is 16.4. The molecule has 0 fully saturated rings. The number of urea groups is 1. The summed E-state index contributed by atoms with van der Waals surface area (Å²) in [6.07, 6.45) is 0. The van der Waals surface area contributed by atoms with E-state index in [0.717, 1.165) is 16.7 Å². The normalized spacial score (nSPS) is 12.0. The molecule has 3 aromatic rings. The van der Waals surface area contributed by atoms with Crippen LogP contribution in [0.4, 0.5) is 21.9 Å². The number of carbonyl (C=O) groups excluding carboxylic acids is 2. The summed E-state index contributed by atoms with van der Waals surface area (Å²) in [4.78, 5) is 25.0. The first-order valence-electron chi connectivity index (χ1n) is 9.27. The Balaban J connectivity index is 1.54. The van der Waals surface area contributed by atoms with Crippen molar-refractivity contribution in [2.45, 2.75) is 20.8 Å². The van der Waals surface area contributed by atoms with Gasteiger partial charge in [0.2, 0.25) is 0 Å². The van der Waals surface area contributed by atoms with Crippen LogP contribution < -0.4 is 20.7 Å². The van der Waals surface area contributed by atoms with Gasteiger partial charge in [0.05, 0.1) is 11.3 Å². The average molecular weight is 387 g/mol. The van der Waals surface area contributed by atoms with Gasteiger partial charge in [0, 0.05) is 11.4 Å². The van der Waals surface area contributed by atoms with Crippen LogP contribution in [0.1, 0.15) is 27.0 Å². The van der Waals surface area contributed by atoms with E-state index in [1.54, 1.807) is 18.2 Å². The predicted octanol–water partition coefficient (Wildman–Crippen LogP) is 5.61. The van der Waals surface area contributed by atoms with E-state index in [1.807, 2.05) is 57.2 Å². The highest BCUT2D eigenvalue weighted by atomic mass is 16.5. The minimum absolute atomic E-state index is 0.289. The number of aryl methyl sites for hydroxylation is 3. The quantitative estimate of drug-likeness (QED) is 0.534. The first-order valence-corrected chi connectivity index (χ1v) is 9.27. The summed E-state index contributed by atoms with van der Waals surface area (Å²) in [7, 11) is 0. The summed E-state index contributed by atoms with van der Waals surface area (Å²) in [6, 6.07) is 16.0. The number of nitrogens with one attached hydrogen (secondary N) is 3. The fourth-order valence-corrected chi connectivity index (χ4v) is 3.35. The Kier molecular flexibility index (Phi) is 4.68. The van der Waals surface area contributed by atoms with Crippen molar-refractivity contribution in [3.8, 4) is 11.5 Å². The molecular formula is C23H21N3O3. The molecule has 6 heteroatoms. The molecule has 0 aromatic heterocycles. The van der Waals surface area contributed by atoms with Crippen molar-refractivity contribution in [3.63, 3.8) is 0 Å². The lowest BCUT2D eigenvalue weighted by Crippen LogP contribution is -2.20. The van der Waals surface area contributed by atoms with Gasteiger partial charge in [0.1, 0.15) is 5.75 Å². The summed E-state index contributed by atoms with van der Waals surface area (Å²) < 4.78 is 5.90. The Morgan fingerprint density at radius 3 is 2.24 bits per heavy atom. The van der Waals surface area contributed by atoms with Gasteiger partial charge in [-0.2, -0.15) is 0 Å². The second-order valence-corrected chi connectivity index (χ2v) is 7.22. The van der Waals surface area contributed by atoms with E-state index in [2.05, 4.69) is 16.0 Å². The number of benzene rings is 3. The molecule has 146 valence electrons. The van der Waals surface area contributed by atoms with Crippen molar-refractivity contribution < 1.29 is 14.3 Å². The monoisotopic (exact) mass is 387 g/mol. The zero-order chi connectivity index (χ0) is 20.5. The van der Waals surface area contributed by atoms with E-state index in [1.165, 1.54) is 0 Å². The van der Waals surface area contributed by atoms with Crippen molar-refractivity contribution in [2.75, 3.05) is 16.0 Å². The molecule has 0 spiro atoms. The molecule has 6 nitrogen and oxygen atoms in total. The first kappa shape index (κ1) is 18.6. The molecule has 1 heterocycles. The topological polar surface area (TPSA) is 79.5 Å². The lowest BCUT2D eigenvalue weighted by atomic mass is 10.1. The molecule has 0 atom stereocenters. The van der Waals surface area contributed by atoms with Crippen LogP contribution >= 0.6 is 0 Å². The summed E-state index contributed by atoms with van der Waals surface area (Å²) in [5.41, 5.74) is 5.32. The fraction of sp³-hybridized carbons (Fsp3) is 0.130. The van der Waals surface area contributed by atoms with E-state index in [4.69, 9.17) is 4.74 Å². The number of amides is 3. The molecule has 3 aromatic carbocycles. The van der Waals surface area contributed by atoms with Crippen LogP contribution in [0.25, 0.3) is 0 Å². The van der Waals surface area contributed by atoms with Crippen LogP contribution in [0, 0.1) is 20.8 Å². The van der Waals surface area contributed by atoms with E-state index in [9.17, 15) is 9.59 Å². The fourth-order valence-electron chi connectivity index (χ4n) is 3.35. The summed E-state index contributed by atoms with van der Waals surface area (Å²) in [5, 5.41) is 8.44. The maximum atomic E-state index is 12.7. The van der Waals surface area contributed by atoms with Gasteiger partial charge < -0.3 is 20.7 Å². The van der Waals surface area contributed by atoms with Gasteiger partial charge in [-0.05, 0) is 79.9 Å². The Morgan fingerprint density at radius 1 is 0.793 bits per heavy atom. The number of hydrogen-bond donors (Lipinski definition) is 3. The second-order valence-electron chi connectivity index (χ2n) is 7.22. The molecule has 0 radical (unpaired) electrons. The van der Waals surface area contributed by atoms with Crippen molar-refractivity contribution in [1.29, 1.82) is 0 Å². The minimum atomic E-state index is -0.385. The number of anilines is 3. The molecular weight excluding hydrogens is 366 g/mol. The van der Waals surface area contributed by atoms with E-state index >= 15 is 0 Å². The second kappa shape index (κ2) is 7.31. The van der Waals surface area contributed by atoms with Crippen LogP contribution in [-0.4, -0.2) is 11.9 Å². The third kappa shape index (κ3) is 4.06. The first-order chi connectivity index (χ1) is 13.9. The van der Waals surface area contributed by atoms with Gasteiger partial charge in [0.15, 0.2) is 5.75 Å². The molecule has 1 aliphatic heterocycles. The standard InChI is InChI=1S/C23H21N3O3/c1-13-4-6-21-19(11-13)26-22(27)18-12-16(5-7-20(18)29-21)24-23(28)25-17-9-14(2)8-15(3)10-17/h4-12H,1-3H3,(H,26,27)(H2,24,25,28). The number of ether oxygens (including phenoxy) is 1. The highest BCUT2D eigenvalue weighted by Crippen LogP contribution is 2.37. The van der Waals surface area contributed by atoms with Gasteiger partial charge >= 0.3 is 6.03 Å². The van der Waals surface area contributed by atoms with E-state index in [-0.39, 0.29) is 11.9 Å². The van der Waals surface area contributed by atoms with E-state index < -0.39 is 0 Å². The number of carbonyl (C=O) groups is 2. The van der Waals surface area contributed by atoms with Gasteiger partial charge in [-0.1, -0.05) is 12.1 Å². The Labute approximate surface area is 168 Å². The van der Waals surface area contributed by atoms with Crippen LogP contribution in [0.5, 0.6) is 11.5 Å². The van der Waals surface area contributed by atoms with E-state index in [0.29, 0.717) is 34.1 Å². The lowest BCUT2D eigenvalue weighted by molar-refractivity contribution is 0.102. The largest absolute Gasteiger partial charge is 0.454 e. The number of fused-ring (bicyclic) bond motifs is 2. The molecule has 1 aliphatic rings. The molecule has 0 unspecified atom stereocenters. The highest BCUT2D eigenvalue weighted by molar-refractivity contribution is 6.09. The van der Waals surface area contributed by atoms with Crippen molar-refractivity contribution in [2.24, 2.45) is 0 Å². The van der Waals surface area contributed by atoms with Crippen LogP contribution in [0.15, 0.2) is 54.6 Å². The third-order valence-electron chi connectivity index (χ3n) is 4.56. The van der Waals surface area contributed by atoms with Gasteiger partial charge in [-0.3, -0.25) is 4.79 Å². The number of hydrogen-bond acceptors (Lipinski definition) is 3. The van der Waals surface area contributed by atoms with Crippen LogP contribution in [-0.2, 0) is 0 Å². The van der Waals surface area contributed by atoms with Crippen molar-refractivity contribution >= 4 is 29.0 Å². The summed E-state index contributed by atoms with van der Waals surface area (Å²) >= 11 is 0. The Bertz CT molecular complexity index is 1120. The van der Waals surface area contributed by atoms with Gasteiger partial charge in [-0.25, -0.2) is 4.79 Å². The molecule has 0 bridgehead atoms. The van der Waals surface area contributed by atoms with Crippen LogP contribution in [0.2, 0.25) is 0 Å². The molecule has 3 amide bonds. The van der Waals surface area contributed by atoms with Crippen molar-refractivity contribution in [1.82, 2.24) is 0 Å². The average Bonchev–Trinajstić information content (AvgIpc) is 2.76. The molecule has 4 rings (SSSR count). The summed E-state index contributed by atoms with van der Waals surface area (Å²) in [5.74, 6) is 0.726. The molecule has 0 aliphatic carbocycles. The van der Waals surface area contributed by atoms with Gasteiger partial charge in [-0.15, -0.1) is 0 Å². The molecule has 0 saturated carbocycles. The lowest BCUT2D eigenvalue weighted by Gasteiger charge is -2.11. The third-order valence-corrected chi connectivity index (χ3v) is 4.56. The maximum Gasteiger partial charge on any atom is 0.323 e. The molecule has 0 saturated heterocycles. The zero-order valence-electron chi connectivity index (χ0n) is 16.4. The Morgan fingerprint density at radius 2 is 1.48 bits per heavy atom. The number of rotatable bonds is 2. The van der Waals surface area contributed by atoms with Crippen molar-refractivity contribution in [3.05, 3.63) is 76.9 Å². The molecule has 3 N–H and O–H groups in total. The summed E-state index contributed by atoms with van der Waals surface area (Å²) in [6.45, 7) is 5.89. The maximum absolute atomic E-state index is 12.7. The smallest absolute Gasteiger partial charge is 0.323 e. The highest BCUT2D eigenvalue weighted by Gasteiger charge is 2.21.